The molecular weight excluding hydrogens is 344 g/mol. The van der Waals surface area contributed by atoms with E-state index in [2.05, 4.69) is 10.5 Å². The number of esters is 1. The first kappa shape index (κ1) is 17.2. The highest BCUT2D eigenvalue weighted by Gasteiger charge is 2.28. The Morgan fingerprint density at radius 3 is 2.64 bits per heavy atom. The van der Waals surface area contributed by atoms with E-state index < -0.39 is 5.97 Å². The minimum atomic E-state index is -0.517. The molecule has 0 fully saturated rings. The number of hydrogen-bond donors (Lipinski definition) is 1. The van der Waals surface area contributed by atoms with E-state index in [4.69, 9.17) is 20.8 Å². The molecular formula is C18H17ClN2O4. The van der Waals surface area contributed by atoms with E-state index in [1.54, 1.807) is 31.2 Å². The minimum absolute atomic E-state index is 0.186. The van der Waals surface area contributed by atoms with E-state index in [0.717, 1.165) is 18.4 Å². The molecule has 0 aliphatic heterocycles. The summed E-state index contributed by atoms with van der Waals surface area (Å²) in [5.41, 5.74) is 5.18. The molecule has 1 aromatic heterocycles. The van der Waals surface area contributed by atoms with Gasteiger partial charge in [-0.2, -0.15) is 5.10 Å². The van der Waals surface area contributed by atoms with E-state index in [0.29, 0.717) is 34.0 Å². The summed E-state index contributed by atoms with van der Waals surface area (Å²) in [6, 6.07) is 6.54. The van der Waals surface area contributed by atoms with E-state index in [9.17, 15) is 9.59 Å². The monoisotopic (exact) mass is 360 g/mol. The summed E-state index contributed by atoms with van der Waals surface area (Å²) < 4.78 is 10.4. The summed E-state index contributed by atoms with van der Waals surface area (Å²) in [7, 11) is 1.31. The summed E-state index contributed by atoms with van der Waals surface area (Å²) in [4.78, 5) is 24.0. The molecule has 0 unspecified atom stereocenters. The third-order valence-corrected chi connectivity index (χ3v) is 4.35. The third-order valence-electron chi connectivity index (χ3n) is 4.10. The van der Waals surface area contributed by atoms with E-state index >= 15 is 0 Å². The number of aryl methyl sites for hydroxylation is 1. The molecule has 1 heterocycles. The number of benzene rings is 1. The summed E-state index contributed by atoms with van der Waals surface area (Å²) in [6.07, 6.45) is 2.24. The van der Waals surface area contributed by atoms with Gasteiger partial charge in [-0.25, -0.2) is 10.2 Å². The van der Waals surface area contributed by atoms with Crippen LogP contribution in [0.5, 0.6) is 0 Å². The van der Waals surface area contributed by atoms with Crippen molar-refractivity contribution in [2.24, 2.45) is 5.10 Å². The van der Waals surface area contributed by atoms with Gasteiger partial charge < -0.3 is 9.15 Å². The van der Waals surface area contributed by atoms with Gasteiger partial charge in [0.05, 0.1) is 12.8 Å². The van der Waals surface area contributed by atoms with Gasteiger partial charge in [0.1, 0.15) is 5.76 Å². The molecule has 1 N–H and O–H groups in total. The first-order valence-electron chi connectivity index (χ1n) is 7.84. The summed E-state index contributed by atoms with van der Waals surface area (Å²) in [5, 5.41) is 4.81. The topological polar surface area (TPSA) is 80.9 Å². The Morgan fingerprint density at radius 2 is 1.96 bits per heavy atom. The molecule has 0 bridgehead atoms. The number of rotatable bonds is 3. The number of fused-ring (bicyclic) bond motifs is 1. The van der Waals surface area contributed by atoms with E-state index in [-0.39, 0.29) is 11.7 Å². The molecule has 0 spiro atoms. The van der Waals surface area contributed by atoms with Crippen LogP contribution in [0.2, 0.25) is 5.02 Å². The highest BCUT2D eigenvalue weighted by atomic mass is 35.5. The normalized spacial score (nSPS) is 14.9. The SMILES string of the molecule is COC(=O)c1oc2c(c1C)/C(=N/NC(=O)c1ccc(Cl)cc1)CCC2. The number of methoxy groups -OCH3 is 1. The second-order valence-electron chi connectivity index (χ2n) is 5.71. The number of carbonyl (C=O) groups excluding carboxylic acids is 2. The standard InChI is InChI=1S/C18H17ClN2O4/c1-10-15-13(4-3-5-14(15)25-16(10)18(23)24-2)20-21-17(22)11-6-8-12(19)9-7-11/h6-9H,3-5H2,1-2H3,(H,21,22)/b20-13+. The maximum absolute atomic E-state index is 12.2. The molecule has 1 amide bonds. The smallest absolute Gasteiger partial charge is 0.374 e. The van der Waals surface area contributed by atoms with Crippen LogP contribution in [0, 0.1) is 6.92 Å². The number of hydrazone groups is 1. The average Bonchev–Trinajstić information content (AvgIpc) is 2.97. The highest BCUT2D eigenvalue weighted by molar-refractivity contribution is 6.30. The van der Waals surface area contributed by atoms with Crippen LogP contribution in [0.3, 0.4) is 0 Å². The van der Waals surface area contributed by atoms with Gasteiger partial charge in [-0.1, -0.05) is 11.6 Å². The zero-order valence-electron chi connectivity index (χ0n) is 13.9. The zero-order chi connectivity index (χ0) is 18.0. The molecule has 3 rings (SSSR count). The lowest BCUT2D eigenvalue weighted by Gasteiger charge is -2.13. The van der Waals surface area contributed by atoms with Crippen molar-refractivity contribution in [1.82, 2.24) is 5.43 Å². The van der Waals surface area contributed by atoms with Crippen molar-refractivity contribution in [2.45, 2.75) is 26.2 Å². The van der Waals surface area contributed by atoms with Gasteiger partial charge in [-0.3, -0.25) is 4.79 Å². The lowest BCUT2D eigenvalue weighted by atomic mass is 9.93. The number of nitrogens with zero attached hydrogens (tertiary/aromatic N) is 1. The van der Waals surface area contributed by atoms with Crippen LogP contribution in [0.15, 0.2) is 33.8 Å². The van der Waals surface area contributed by atoms with Crippen LogP contribution in [0.1, 0.15) is 50.6 Å². The van der Waals surface area contributed by atoms with Crippen molar-refractivity contribution in [3.8, 4) is 0 Å². The molecule has 0 saturated heterocycles. The number of furan rings is 1. The lowest BCUT2D eigenvalue weighted by molar-refractivity contribution is 0.0561. The molecule has 0 radical (unpaired) electrons. The second-order valence-corrected chi connectivity index (χ2v) is 6.14. The van der Waals surface area contributed by atoms with Gasteiger partial charge in [0.15, 0.2) is 0 Å². The van der Waals surface area contributed by atoms with Crippen molar-refractivity contribution in [2.75, 3.05) is 7.11 Å². The lowest BCUT2D eigenvalue weighted by Crippen LogP contribution is -2.22. The average molecular weight is 361 g/mol. The number of amides is 1. The zero-order valence-corrected chi connectivity index (χ0v) is 14.6. The Labute approximate surface area is 149 Å². The minimum Gasteiger partial charge on any atom is -0.463 e. The van der Waals surface area contributed by atoms with Crippen LogP contribution < -0.4 is 5.43 Å². The van der Waals surface area contributed by atoms with Crippen molar-refractivity contribution >= 4 is 29.2 Å². The Morgan fingerprint density at radius 1 is 1.24 bits per heavy atom. The summed E-state index contributed by atoms with van der Waals surface area (Å²) >= 11 is 5.82. The fraction of sp³-hybridized carbons (Fsp3) is 0.278. The molecule has 7 heteroatoms. The van der Waals surface area contributed by atoms with Gasteiger partial charge in [0.2, 0.25) is 5.76 Å². The summed E-state index contributed by atoms with van der Waals surface area (Å²) in [5.74, 6) is 0.0387. The van der Waals surface area contributed by atoms with Crippen molar-refractivity contribution in [3.63, 3.8) is 0 Å². The number of nitrogens with one attached hydrogen (secondary N) is 1. The van der Waals surface area contributed by atoms with Gasteiger partial charge >= 0.3 is 5.97 Å². The van der Waals surface area contributed by atoms with Crippen molar-refractivity contribution in [1.29, 1.82) is 0 Å². The number of halogens is 1. The maximum Gasteiger partial charge on any atom is 0.374 e. The Kier molecular flexibility index (Phi) is 4.90. The number of carbonyl (C=O) groups is 2. The van der Waals surface area contributed by atoms with Crippen molar-refractivity contribution < 1.29 is 18.7 Å². The largest absolute Gasteiger partial charge is 0.463 e. The predicted molar refractivity (Wildman–Crippen MR) is 93.2 cm³/mol. The Hall–Kier alpha value is -2.60. The Balaban J connectivity index is 1.86. The van der Waals surface area contributed by atoms with Gasteiger partial charge in [0, 0.05) is 28.1 Å². The molecule has 0 atom stereocenters. The molecule has 1 aliphatic rings. The second kappa shape index (κ2) is 7.11. The van der Waals surface area contributed by atoms with Crippen LogP contribution in [0.25, 0.3) is 0 Å². The highest BCUT2D eigenvalue weighted by Crippen LogP contribution is 2.30. The van der Waals surface area contributed by atoms with Gasteiger partial charge in [-0.15, -0.1) is 0 Å². The summed E-state index contributed by atoms with van der Waals surface area (Å²) in [6.45, 7) is 1.79. The molecule has 25 heavy (non-hydrogen) atoms. The first-order chi connectivity index (χ1) is 12.0. The molecule has 2 aromatic rings. The maximum atomic E-state index is 12.2. The number of ether oxygens (including phenoxy) is 1. The number of hydrogen-bond acceptors (Lipinski definition) is 5. The van der Waals surface area contributed by atoms with Crippen LogP contribution in [-0.2, 0) is 11.2 Å². The first-order valence-corrected chi connectivity index (χ1v) is 8.22. The predicted octanol–water partition coefficient (Wildman–Crippen LogP) is 3.50. The fourth-order valence-electron chi connectivity index (χ4n) is 2.85. The molecule has 1 aliphatic carbocycles. The van der Waals surface area contributed by atoms with Gasteiger partial charge in [0.25, 0.3) is 5.91 Å². The Bertz CT molecular complexity index is 853. The van der Waals surface area contributed by atoms with Gasteiger partial charge in [-0.05, 0) is 44.0 Å². The molecule has 6 nitrogen and oxygen atoms in total. The van der Waals surface area contributed by atoms with Crippen LogP contribution >= 0.6 is 11.6 Å². The molecule has 130 valence electrons. The molecule has 1 aromatic carbocycles. The van der Waals surface area contributed by atoms with E-state index in [1.807, 2.05) is 0 Å². The quantitative estimate of drug-likeness (QED) is 0.671. The van der Waals surface area contributed by atoms with Crippen molar-refractivity contribution in [3.05, 3.63) is 57.5 Å². The van der Waals surface area contributed by atoms with Crippen LogP contribution in [0.4, 0.5) is 0 Å². The van der Waals surface area contributed by atoms with Crippen LogP contribution in [-0.4, -0.2) is 24.7 Å². The fourth-order valence-corrected chi connectivity index (χ4v) is 2.98. The molecule has 0 saturated carbocycles. The third kappa shape index (κ3) is 3.44. The van der Waals surface area contributed by atoms with E-state index in [1.165, 1.54) is 7.11 Å².